The molecule has 0 aliphatic carbocycles. The third-order valence-electron chi connectivity index (χ3n) is 5.78. The molecule has 0 atom stereocenters. The zero-order valence-corrected chi connectivity index (χ0v) is 20.8. The molecule has 5 rings (SSSR count). The number of nitrogens with one attached hydrogen (secondary N) is 1. The summed E-state index contributed by atoms with van der Waals surface area (Å²) in [6.07, 6.45) is 5.95. The van der Waals surface area contributed by atoms with E-state index >= 15 is 0 Å². The van der Waals surface area contributed by atoms with Crippen LogP contribution in [0.4, 0.5) is 5.13 Å². The summed E-state index contributed by atoms with van der Waals surface area (Å²) in [6, 6.07) is 27.8. The summed E-state index contributed by atoms with van der Waals surface area (Å²) < 4.78 is 2.13. The first-order chi connectivity index (χ1) is 17.6. The van der Waals surface area contributed by atoms with Crippen molar-refractivity contribution < 1.29 is 4.79 Å². The van der Waals surface area contributed by atoms with Gasteiger partial charge in [-0.05, 0) is 29.3 Å². The van der Waals surface area contributed by atoms with Crippen molar-refractivity contribution in [2.24, 2.45) is 0 Å². The predicted octanol–water partition coefficient (Wildman–Crippen LogP) is 6.94. The Morgan fingerprint density at radius 1 is 1.06 bits per heavy atom. The first-order valence-electron chi connectivity index (χ1n) is 11.3. The van der Waals surface area contributed by atoms with Gasteiger partial charge in [0.25, 0.3) is 5.91 Å². The molecule has 2 aromatic heterocycles. The number of nitrogens with zero attached hydrogens (tertiary/aromatic N) is 3. The van der Waals surface area contributed by atoms with Crippen molar-refractivity contribution in [3.63, 3.8) is 0 Å². The minimum Gasteiger partial charge on any atom is -0.342 e. The van der Waals surface area contributed by atoms with Crippen molar-refractivity contribution in [2.45, 2.75) is 13.0 Å². The molecule has 5 aromatic rings. The molecule has 3 aromatic carbocycles. The fourth-order valence-corrected chi connectivity index (χ4v) is 5.08. The lowest BCUT2D eigenvalue weighted by molar-refractivity contribution is -0.112. The third-order valence-corrected chi connectivity index (χ3v) is 7.06. The van der Waals surface area contributed by atoms with E-state index < -0.39 is 5.91 Å². The third kappa shape index (κ3) is 5.23. The Morgan fingerprint density at radius 2 is 1.81 bits per heavy atom. The highest BCUT2D eigenvalue weighted by Crippen LogP contribution is 2.27. The number of carbonyl (C=O) groups excluding carboxylic acids is 1. The van der Waals surface area contributed by atoms with Crippen LogP contribution in [0, 0.1) is 11.3 Å². The maximum absolute atomic E-state index is 12.9. The Kier molecular flexibility index (Phi) is 6.94. The van der Waals surface area contributed by atoms with Crippen molar-refractivity contribution in [1.29, 1.82) is 5.26 Å². The number of benzene rings is 3. The van der Waals surface area contributed by atoms with E-state index in [0.717, 1.165) is 26.9 Å². The average Bonchev–Trinajstić information content (AvgIpc) is 3.48. The Bertz CT molecular complexity index is 1610. The van der Waals surface area contributed by atoms with Gasteiger partial charge in [0.1, 0.15) is 11.6 Å². The minimum absolute atomic E-state index is 0.0143. The number of halogens is 1. The molecule has 1 amide bonds. The molecular weight excluding hydrogens is 488 g/mol. The second kappa shape index (κ2) is 10.6. The summed E-state index contributed by atoms with van der Waals surface area (Å²) in [6.45, 7) is 0.691. The van der Waals surface area contributed by atoms with Gasteiger partial charge in [-0.15, -0.1) is 11.3 Å². The zero-order valence-electron chi connectivity index (χ0n) is 19.2. The molecule has 176 valence electrons. The van der Waals surface area contributed by atoms with Crippen LogP contribution in [-0.2, 0) is 17.8 Å². The number of anilines is 1. The number of fused-ring (bicyclic) bond motifs is 1. The molecule has 5 nitrogen and oxygen atoms in total. The van der Waals surface area contributed by atoms with Crippen molar-refractivity contribution in [3.05, 3.63) is 123 Å². The number of carbonyl (C=O) groups is 1. The van der Waals surface area contributed by atoms with E-state index in [4.69, 9.17) is 11.6 Å². The highest BCUT2D eigenvalue weighted by atomic mass is 35.5. The molecule has 0 aliphatic rings. The Balaban J connectivity index is 1.37. The number of nitriles is 1. The van der Waals surface area contributed by atoms with Gasteiger partial charge in [0.2, 0.25) is 0 Å². The van der Waals surface area contributed by atoms with Crippen LogP contribution in [0.3, 0.4) is 0 Å². The number of thiazole rings is 1. The molecule has 0 unspecified atom stereocenters. The van der Waals surface area contributed by atoms with E-state index in [2.05, 4.69) is 27.0 Å². The van der Waals surface area contributed by atoms with E-state index in [1.54, 1.807) is 12.3 Å². The van der Waals surface area contributed by atoms with Gasteiger partial charge < -0.3 is 4.57 Å². The SMILES string of the molecule is N#C/C(=C\c1cn(Cc2ccccc2)c2ccccc12)C(=O)Nc1ncc(Cc2ccccc2Cl)s1. The number of hydrogen-bond acceptors (Lipinski definition) is 4. The summed E-state index contributed by atoms with van der Waals surface area (Å²) in [5.41, 5.74) is 4.02. The lowest BCUT2D eigenvalue weighted by Gasteiger charge is -2.05. The molecule has 1 N–H and O–H groups in total. The van der Waals surface area contributed by atoms with Crippen LogP contribution in [0.15, 0.2) is 96.8 Å². The monoisotopic (exact) mass is 508 g/mol. The number of aromatic nitrogens is 2. The zero-order chi connectivity index (χ0) is 24.9. The van der Waals surface area contributed by atoms with Crippen LogP contribution in [0.2, 0.25) is 5.02 Å². The first-order valence-corrected chi connectivity index (χ1v) is 12.5. The second-order valence-corrected chi connectivity index (χ2v) is 9.76. The summed E-state index contributed by atoms with van der Waals surface area (Å²) in [7, 11) is 0. The molecule has 0 fully saturated rings. The highest BCUT2D eigenvalue weighted by Gasteiger charge is 2.15. The van der Waals surface area contributed by atoms with Gasteiger partial charge in [0.15, 0.2) is 5.13 Å². The Hall–Kier alpha value is -4.18. The van der Waals surface area contributed by atoms with E-state index in [0.29, 0.717) is 23.1 Å². The summed E-state index contributed by atoms with van der Waals surface area (Å²) in [5, 5.41) is 14.6. The molecule has 0 radical (unpaired) electrons. The second-order valence-electron chi connectivity index (χ2n) is 8.24. The van der Waals surface area contributed by atoms with Gasteiger partial charge in [-0.2, -0.15) is 5.26 Å². The molecule has 7 heteroatoms. The van der Waals surface area contributed by atoms with Gasteiger partial charge in [0.05, 0.1) is 0 Å². The molecule has 0 saturated carbocycles. The fourth-order valence-electron chi connectivity index (χ4n) is 4.05. The lowest BCUT2D eigenvalue weighted by Crippen LogP contribution is -2.13. The molecule has 0 saturated heterocycles. The van der Waals surface area contributed by atoms with Crippen LogP contribution in [0.25, 0.3) is 17.0 Å². The van der Waals surface area contributed by atoms with Gasteiger partial charge in [-0.1, -0.05) is 78.3 Å². The smallest absolute Gasteiger partial charge is 0.268 e. The van der Waals surface area contributed by atoms with Crippen LogP contribution in [-0.4, -0.2) is 15.5 Å². The average molecular weight is 509 g/mol. The summed E-state index contributed by atoms with van der Waals surface area (Å²) in [5.74, 6) is -0.490. The van der Waals surface area contributed by atoms with Crippen LogP contribution >= 0.6 is 22.9 Å². The lowest BCUT2D eigenvalue weighted by atomic mass is 10.1. The van der Waals surface area contributed by atoms with Crippen LogP contribution < -0.4 is 5.32 Å². The van der Waals surface area contributed by atoms with Gasteiger partial charge in [-0.25, -0.2) is 4.98 Å². The number of hydrogen-bond donors (Lipinski definition) is 1. The summed E-state index contributed by atoms with van der Waals surface area (Å²) >= 11 is 7.62. The fraction of sp³-hybridized carbons (Fsp3) is 0.0690. The van der Waals surface area contributed by atoms with E-state index in [9.17, 15) is 10.1 Å². The van der Waals surface area contributed by atoms with Gasteiger partial charge in [0, 0.05) is 51.7 Å². The first kappa shape index (κ1) is 23.6. The summed E-state index contributed by atoms with van der Waals surface area (Å²) in [4.78, 5) is 18.2. The van der Waals surface area contributed by atoms with Crippen LogP contribution in [0.5, 0.6) is 0 Å². The number of amides is 1. The molecule has 0 spiro atoms. The Labute approximate surface area is 217 Å². The normalized spacial score (nSPS) is 11.4. The molecule has 0 bridgehead atoms. The van der Waals surface area contributed by atoms with E-state index in [1.165, 1.54) is 16.9 Å². The quantitative estimate of drug-likeness (QED) is 0.191. The van der Waals surface area contributed by atoms with Crippen molar-refractivity contribution in [2.75, 3.05) is 5.32 Å². The van der Waals surface area contributed by atoms with E-state index in [1.807, 2.05) is 79.0 Å². The maximum Gasteiger partial charge on any atom is 0.268 e. The van der Waals surface area contributed by atoms with Gasteiger partial charge >= 0.3 is 0 Å². The minimum atomic E-state index is -0.490. The number of rotatable bonds is 7. The molecule has 36 heavy (non-hydrogen) atoms. The van der Waals surface area contributed by atoms with E-state index in [-0.39, 0.29) is 5.57 Å². The predicted molar refractivity (Wildman–Crippen MR) is 146 cm³/mol. The van der Waals surface area contributed by atoms with Crippen molar-refractivity contribution in [3.8, 4) is 6.07 Å². The Morgan fingerprint density at radius 3 is 2.61 bits per heavy atom. The van der Waals surface area contributed by atoms with Crippen molar-refractivity contribution in [1.82, 2.24) is 9.55 Å². The van der Waals surface area contributed by atoms with Gasteiger partial charge in [-0.3, -0.25) is 10.1 Å². The molecular formula is C29H21ClN4OS. The highest BCUT2D eigenvalue weighted by molar-refractivity contribution is 7.15. The topological polar surface area (TPSA) is 70.7 Å². The molecule has 2 heterocycles. The molecule has 0 aliphatic heterocycles. The van der Waals surface area contributed by atoms with Crippen LogP contribution in [0.1, 0.15) is 21.6 Å². The standard InChI is InChI=1S/C29H21ClN4OS/c30-26-12-6-4-10-21(26)15-24-17-32-29(36-24)33-28(35)22(16-31)14-23-19-34(18-20-8-2-1-3-9-20)27-13-7-5-11-25(23)27/h1-14,17,19H,15,18H2,(H,32,33,35)/b22-14+. The maximum atomic E-state index is 12.9. The largest absolute Gasteiger partial charge is 0.342 e. The van der Waals surface area contributed by atoms with Crippen molar-refractivity contribution >= 4 is 51.0 Å². The number of para-hydroxylation sites is 1.